The highest BCUT2D eigenvalue weighted by Gasteiger charge is 2.60. The molecule has 3 atom stereocenters. The maximum absolute atomic E-state index is 12.5. The average molecular weight is 579 g/mol. The predicted molar refractivity (Wildman–Crippen MR) is 171 cm³/mol. The second-order valence-corrected chi connectivity index (χ2v) is 12.4. The van der Waals surface area contributed by atoms with Crippen LogP contribution in [-0.4, -0.2) is 62.1 Å². The average Bonchev–Trinajstić information content (AvgIpc) is 3.54. The normalized spacial score (nSPS) is 22.1. The standard InChI is InChI=1S/C35H39N5O3/c1-5-24-18-28(34(42)43)33(41)37-32(24)25-13-14-30-26(16-25)17-27(39(30)4)20-40-21-29-31(12-9-15-35(29,22-40)36-2)38(3)19-23-10-7-6-8-11-23/h2,6-8,10-11,13-14,16-18,29,31H,5,9,12,15,19-22H2,1,3-4H3,(H-,37,41,42,43)/p+1. The van der Waals surface area contributed by atoms with Crippen LogP contribution in [0.15, 0.2) is 65.5 Å². The van der Waals surface area contributed by atoms with Gasteiger partial charge in [0.15, 0.2) is 0 Å². The van der Waals surface area contributed by atoms with Crippen molar-refractivity contribution in [3.8, 4) is 17.8 Å². The molecule has 1 saturated carbocycles. The summed E-state index contributed by atoms with van der Waals surface area (Å²) in [6.45, 7) is 11.7. The van der Waals surface area contributed by atoms with Crippen molar-refractivity contribution in [2.45, 2.75) is 57.3 Å². The molecule has 2 N–H and O–H groups in total. The number of fused-ring (bicyclic) bond motifs is 2. The van der Waals surface area contributed by atoms with E-state index >= 15 is 0 Å². The Morgan fingerprint density at radius 1 is 1.19 bits per heavy atom. The summed E-state index contributed by atoms with van der Waals surface area (Å²) in [6.07, 6.45) is 3.92. The molecule has 1 saturated heterocycles. The summed E-state index contributed by atoms with van der Waals surface area (Å²) in [6, 6.07) is 20.9. The van der Waals surface area contributed by atoms with Crippen LogP contribution in [-0.2, 0) is 26.6 Å². The minimum Gasteiger partial charge on any atom is -0.477 e. The third-order valence-corrected chi connectivity index (χ3v) is 9.86. The summed E-state index contributed by atoms with van der Waals surface area (Å²) < 4.78 is 2.24. The smallest absolute Gasteiger partial charge is 0.341 e. The second-order valence-electron chi connectivity index (χ2n) is 12.4. The number of rotatable bonds is 8. The SMILES string of the molecule is C#[N+]C12CCCC(N(C)Cc3ccccc3)C1CN(Cc1cc3cc(-c4[nH]c(=O)c(C(=O)O)cc4CC)ccc3n1C)C2. The van der Waals surface area contributed by atoms with E-state index < -0.39 is 11.5 Å². The fraction of sp³-hybridized carbons (Fsp3) is 0.400. The first kappa shape index (κ1) is 28.9. The van der Waals surface area contributed by atoms with Crippen molar-refractivity contribution in [2.75, 3.05) is 20.1 Å². The summed E-state index contributed by atoms with van der Waals surface area (Å²) in [7, 11) is 4.34. The van der Waals surface area contributed by atoms with Crippen molar-refractivity contribution < 1.29 is 9.90 Å². The number of carboxylic acid groups (broad SMARTS) is 1. The number of carboxylic acids is 1. The van der Waals surface area contributed by atoms with Gasteiger partial charge in [-0.05, 0) is 67.3 Å². The van der Waals surface area contributed by atoms with Crippen LogP contribution >= 0.6 is 0 Å². The van der Waals surface area contributed by atoms with E-state index in [1.165, 1.54) is 17.3 Å². The molecule has 0 amide bonds. The highest BCUT2D eigenvalue weighted by molar-refractivity contribution is 5.89. The first-order chi connectivity index (χ1) is 20.7. The van der Waals surface area contributed by atoms with Gasteiger partial charge in [0, 0.05) is 55.7 Å². The van der Waals surface area contributed by atoms with Gasteiger partial charge in [0.25, 0.3) is 17.7 Å². The predicted octanol–water partition coefficient (Wildman–Crippen LogP) is 5.61. The number of pyridine rings is 1. The molecule has 3 heterocycles. The Kier molecular flexibility index (Phi) is 7.72. The number of aromatic carboxylic acids is 1. The van der Waals surface area contributed by atoms with E-state index in [0.717, 1.165) is 67.5 Å². The largest absolute Gasteiger partial charge is 0.477 e. The molecule has 2 aromatic heterocycles. The fourth-order valence-corrected chi connectivity index (χ4v) is 7.63. The number of aromatic nitrogens is 2. The molecule has 1 aliphatic heterocycles. The monoisotopic (exact) mass is 578 g/mol. The zero-order chi connectivity index (χ0) is 30.3. The number of H-pyrrole nitrogens is 1. The zero-order valence-corrected chi connectivity index (χ0v) is 25.2. The van der Waals surface area contributed by atoms with Gasteiger partial charge in [0.2, 0.25) is 0 Å². The molecular formula is C35H40N5O3+. The topological polar surface area (TPSA) is 85.9 Å². The van der Waals surface area contributed by atoms with Crippen molar-refractivity contribution in [1.82, 2.24) is 19.4 Å². The third-order valence-electron chi connectivity index (χ3n) is 9.86. The van der Waals surface area contributed by atoms with Gasteiger partial charge in [0.05, 0.1) is 18.2 Å². The van der Waals surface area contributed by atoms with E-state index in [9.17, 15) is 14.7 Å². The molecule has 0 radical (unpaired) electrons. The number of aromatic amines is 1. The highest BCUT2D eigenvalue weighted by Crippen LogP contribution is 2.45. The van der Waals surface area contributed by atoms with Gasteiger partial charge < -0.3 is 14.7 Å². The van der Waals surface area contributed by atoms with E-state index in [1.807, 2.05) is 13.0 Å². The van der Waals surface area contributed by atoms with Crippen LogP contribution < -0.4 is 5.56 Å². The Labute approximate surface area is 252 Å². The first-order valence-electron chi connectivity index (χ1n) is 15.2. The number of hydrogen-bond donors (Lipinski definition) is 2. The Morgan fingerprint density at radius 3 is 2.70 bits per heavy atom. The summed E-state index contributed by atoms with van der Waals surface area (Å²) >= 11 is 0. The summed E-state index contributed by atoms with van der Waals surface area (Å²) in [5.41, 5.74) is 4.93. The number of aryl methyl sites for hydroxylation is 2. The first-order valence-corrected chi connectivity index (χ1v) is 15.2. The van der Waals surface area contributed by atoms with Crippen molar-refractivity contribution in [2.24, 2.45) is 13.0 Å². The molecule has 8 nitrogen and oxygen atoms in total. The quantitative estimate of drug-likeness (QED) is 0.284. The van der Waals surface area contributed by atoms with Gasteiger partial charge in [-0.25, -0.2) is 4.79 Å². The Hall–Kier alpha value is -4.19. The van der Waals surface area contributed by atoms with E-state index in [1.54, 1.807) is 0 Å². The number of carbonyl (C=O) groups is 1. The molecule has 0 spiro atoms. The Morgan fingerprint density at radius 2 is 1.98 bits per heavy atom. The zero-order valence-electron chi connectivity index (χ0n) is 25.2. The molecule has 6 rings (SSSR count). The van der Waals surface area contributed by atoms with Gasteiger partial charge in [0.1, 0.15) is 5.56 Å². The van der Waals surface area contributed by atoms with E-state index in [2.05, 4.69) is 86.8 Å². The molecule has 2 fully saturated rings. The molecule has 8 heteroatoms. The fourth-order valence-electron chi connectivity index (χ4n) is 7.63. The molecule has 0 bridgehead atoms. The maximum atomic E-state index is 12.5. The summed E-state index contributed by atoms with van der Waals surface area (Å²) in [5, 5.41) is 10.5. The molecule has 222 valence electrons. The lowest BCUT2D eigenvalue weighted by molar-refractivity contribution is 0.0695. The Bertz CT molecular complexity index is 1770. The van der Waals surface area contributed by atoms with Gasteiger partial charge in [-0.3, -0.25) is 14.6 Å². The molecule has 43 heavy (non-hydrogen) atoms. The molecule has 2 aromatic carbocycles. The van der Waals surface area contributed by atoms with Gasteiger partial charge >= 0.3 is 5.97 Å². The number of nitrogens with one attached hydrogen (secondary N) is 1. The van der Waals surface area contributed by atoms with Crippen LogP contribution in [0.2, 0.25) is 0 Å². The molecule has 1 aliphatic carbocycles. The minimum absolute atomic E-state index is 0.226. The molecular weight excluding hydrogens is 538 g/mol. The maximum Gasteiger partial charge on any atom is 0.341 e. The van der Waals surface area contributed by atoms with Crippen molar-refractivity contribution in [3.05, 3.63) is 98.2 Å². The van der Waals surface area contributed by atoms with E-state index in [0.29, 0.717) is 24.1 Å². The molecule has 4 aromatic rings. The number of nitrogens with zero attached hydrogens (tertiary/aromatic N) is 4. The van der Waals surface area contributed by atoms with Crippen LogP contribution in [0.25, 0.3) is 27.0 Å². The van der Waals surface area contributed by atoms with Crippen LogP contribution in [0.5, 0.6) is 0 Å². The lowest BCUT2D eigenvalue weighted by Crippen LogP contribution is -2.50. The van der Waals surface area contributed by atoms with E-state index in [-0.39, 0.29) is 11.1 Å². The minimum atomic E-state index is -1.22. The number of likely N-dealkylation sites (tertiary alicyclic amines) is 1. The van der Waals surface area contributed by atoms with E-state index in [4.69, 9.17) is 6.57 Å². The number of benzene rings is 2. The van der Waals surface area contributed by atoms with Crippen LogP contribution in [0.3, 0.4) is 0 Å². The van der Waals surface area contributed by atoms with Crippen LogP contribution in [0.4, 0.5) is 0 Å². The summed E-state index contributed by atoms with van der Waals surface area (Å²) in [4.78, 5) is 36.4. The van der Waals surface area contributed by atoms with Crippen LogP contribution in [0.1, 0.15) is 53.4 Å². The van der Waals surface area contributed by atoms with Crippen LogP contribution in [0, 0.1) is 12.5 Å². The number of hydrogen-bond acceptors (Lipinski definition) is 4. The third kappa shape index (κ3) is 5.28. The highest BCUT2D eigenvalue weighted by atomic mass is 16.4. The van der Waals surface area contributed by atoms with Crippen molar-refractivity contribution in [1.29, 1.82) is 0 Å². The van der Waals surface area contributed by atoms with Crippen molar-refractivity contribution in [3.63, 3.8) is 0 Å². The van der Waals surface area contributed by atoms with Gasteiger partial charge in [-0.1, -0.05) is 48.2 Å². The lowest BCUT2D eigenvalue weighted by Gasteiger charge is -2.38. The van der Waals surface area contributed by atoms with Gasteiger partial charge in [-0.2, -0.15) is 0 Å². The van der Waals surface area contributed by atoms with Gasteiger partial charge in [-0.15, -0.1) is 0 Å². The summed E-state index contributed by atoms with van der Waals surface area (Å²) in [5.74, 6) is -0.843. The Balaban J connectivity index is 1.25. The molecule has 2 aliphatic rings. The van der Waals surface area contributed by atoms with Crippen molar-refractivity contribution >= 4 is 16.9 Å². The molecule has 3 unspecified atom stereocenters. The second kappa shape index (κ2) is 11.5. The lowest BCUT2D eigenvalue weighted by atomic mass is 9.72.